The number of aromatic nitrogens is 5. The molecule has 0 N–H and O–H groups in total. The summed E-state index contributed by atoms with van der Waals surface area (Å²) in [5.74, 6) is 2.80. The van der Waals surface area contributed by atoms with E-state index in [0.29, 0.717) is 17.4 Å². The van der Waals surface area contributed by atoms with E-state index >= 15 is 0 Å². The monoisotopic (exact) mass is 1010 g/mol. The molecular formula is C72H63N5O. The van der Waals surface area contributed by atoms with Crippen molar-refractivity contribution in [3.05, 3.63) is 242 Å². The Bertz CT molecular complexity index is 4360. The predicted octanol–water partition coefficient (Wildman–Crippen LogP) is 18.2. The highest BCUT2D eigenvalue weighted by atomic mass is 16.5. The highest BCUT2D eigenvalue weighted by Crippen LogP contribution is 2.44. The Hall–Kier alpha value is -9.00. The number of benzene rings is 9. The zero-order chi connectivity index (χ0) is 53.5. The van der Waals surface area contributed by atoms with Gasteiger partial charge in [-0.25, -0.2) is 4.98 Å². The fourth-order valence-corrected chi connectivity index (χ4v) is 11.7. The third kappa shape index (κ3) is 8.53. The Morgan fingerprint density at radius 1 is 0.500 bits per heavy atom. The number of ether oxygens (including phenoxy) is 1. The maximum absolute atomic E-state index is 7.23. The second-order valence-corrected chi connectivity index (χ2v) is 23.4. The van der Waals surface area contributed by atoms with Gasteiger partial charge < -0.3 is 9.30 Å². The molecule has 0 amide bonds. The first kappa shape index (κ1) is 48.6. The molecule has 0 unspecified atom stereocenters. The number of para-hydroxylation sites is 6. The van der Waals surface area contributed by atoms with Crippen LogP contribution in [0.1, 0.15) is 72.1 Å². The third-order valence-electron chi connectivity index (χ3n) is 15.4. The Balaban J connectivity index is 1.00. The predicted molar refractivity (Wildman–Crippen MR) is 323 cm³/mol. The number of imidazole rings is 1. The molecule has 0 spiro atoms. The van der Waals surface area contributed by atoms with E-state index in [4.69, 9.17) is 9.72 Å². The maximum Gasteiger partial charge on any atom is 0.269 e. The molecule has 78 heavy (non-hydrogen) atoms. The second kappa shape index (κ2) is 18.9. The molecule has 13 rings (SSSR count). The fourth-order valence-electron chi connectivity index (χ4n) is 11.7. The van der Waals surface area contributed by atoms with Crippen molar-refractivity contribution >= 4 is 54.6 Å². The Morgan fingerprint density at radius 2 is 1.09 bits per heavy atom. The van der Waals surface area contributed by atoms with Crippen LogP contribution in [0.2, 0.25) is 0 Å². The summed E-state index contributed by atoms with van der Waals surface area (Å²) in [6.45, 7) is 18.4. The van der Waals surface area contributed by atoms with Crippen molar-refractivity contribution in [3.8, 4) is 56.6 Å². The SMILES string of the molecule is CC(C)Cc1ccnc(-n2c3ccccc3c3c(-n4c5ccccc5c5ccccc54)cc(Oc4cccc(-n5[c-][n+](-c6c(-c7ccccc7)cccc6-c6cc(C(C)(C)C)cc(C(C)(C)C)c6)c6ccccc65)c4)cc32)c1. The van der Waals surface area contributed by atoms with Crippen LogP contribution in [0, 0.1) is 12.2 Å². The van der Waals surface area contributed by atoms with Gasteiger partial charge in [-0.1, -0.05) is 207 Å². The lowest BCUT2D eigenvalue weighted by Gasteiger charge is -2.27. The van der Waals surface area contributed by atoms with Crippen molar-refractivity contribution in [2.75, 3.05) is 0 Å². The van der Waals surface area contributed by atoms with Gasteiger partial charge in [0, 0.05) is 39.9 Å². The van der Waals surface area contributed by atoms with Crippen LogP contribution in [-0.4, -0.2) is 18.7 Å². The number of hydrogen-bond acceptors (Lipinski definition) is 2. The van der Waals surface area contributed by atoms with E-state index < -0.39 is 0 Å². The Morgan fingerprint density at radius 3 is 1.76 bits per heavy atom. The molecule has 0 radical (unpaired) electrons. The first-order valence-electron chi connectivity index (χ1n) is 27.4. The van der Waals surface area contributed by atoms with E-state index in [1.807, 2.05) is 6.20 Å². The van der Waals surface area contributed by atoms with Gasteiger partial charge in [-0.2, -0.15) is 0 Å². The van der Waals surface area contributed by atoms with Crippen molar-refractivity contribution in [2.45, 2.75) is 72.6 Å². The molecular weight excluding hydrogens is 951 g/mol. The number of hydrogen-bond donors (Lipinski definition) is 0. The first-order valence-corrected chi connectivity index (χ1v) is 27.4. The van der Waals surface area contributed by atoms with Gasteiger partial charge in [-0.05, 0) is 111 Å². The summed E-state index contributed by atoms with van der Waals surface area (Å²) in [6.07, 6.45) is 6.84. The minimum absolute atomic E-state index is 0.0529. The molecule has 0 bridgehead atoms. The van der Waals surface area contributed by atoms with Crippen LogP contribution in [0.5, 0.6) is 11.5 Å². The summed E-state index contributed by atoms with van der Waals surface area (Å²) in [7, 11) is 0. The van der Waals surface area contributed by atoms with Crippen molar-refractivity contribution in [3.63, 3.8) is 0 Å². The highest BCUT2D eigenvalue weighted by molar-refractivity contribution is 6.16. The van der Waals surface area contributed by atoms with Crippen molar-refractivity contribution in [1.29, 1.82) is 0 Å². The van der Waals surface area contributed by atoms with E-state index in [1.54, 1.807) is 0 Å². The highest BCUT2D eigenvalue weighted by Gasteiger charge is 2.26. The lowest BCUT2D eigenvalue weighted by atomic mass is 9.78. The summed E-state index contributed by atoms with van der Waals surface area (Å²) in [6, 6.07) is 76.7. The minimum atomic E-state index is -0.0529. The van der Waals surface area contributed by atoms with Crippen LogP contribution < -0.4 is 9.30 Å². The summed E-state index contributed by atoms with van der Waals surface area (Å²) in [5.41, 5.74) is 17.8. The van der Waals surface area contributed by atoms with Gasteiger partial charge in [-0.15, -0.1) is 0 Å². The van der Waals surface area contributed by atoms with Crippen LogP contribution in [-0.2, 0) is 17.3 Å². The normalized spacial score (nSPS) is 12.3. The molecule has 0 atom stereocenters. The number of rotatable bonds is 10. The third-order valence-corrected chi connectivity index (χ3v) is 15.4. The van der Waals surface area contributed by atoms with Crippen molar-refractivity contribution < 1.29 is 9.30 Å². The molecule has 4 heterocycles. The summed E-state index contributed by atoms with van der Waals surface area (Å²) in [5, 5.41) is 4.67. The smallest absolute Gasteiger partial charge is 0.269 e. The van der Waals surface area contributed by atoms with E-state index in [0.717, 1.165) is 89.9 Å². The van der Waals surface area contributed by atoms with E-state index in [-0.39, 0.29) is 10.8 Å². The van der Waals surface area contributed by atoms with Gasteiger partial charge in [-0.3, -0.25) is 13.7 Å². The van der Waals surface area contributed by atoms with Gasteiger partial charge in [0.25, 0.3) is 6.33 Å². The van der Waals surface area contributed by atoms with Gasteiger partial charge in [0.05, 0.1) is 50.2 Å². The van der Waals surface area contributed by atoms with Gasteiger partial charge in [0.1, 0.15) is 17.3 Å². The summed E-state index contributed by atoms with van der Waals surface area (Å²) < 4.78 is 16.4. The Kier molecular flexibility index (Phi) is 11.8. The van der Waals surface area contributed by atoms with Crippen LogP contribution in [0.3, 0.4) is 0 Å². The summed E-state index contributed by atoms with van der Waals surface area (Å²) in [4.78, 5) is 5.07. The molecule has 0 saturated carbocycles. The number of fused-ring (bicyclic) bond motifs is 7. The average molecular weight is 1010 g/mol. The maximum atomic E-state index is 7.23. The standard InChI is InChI=1S/C72H63N5O/c1-47(2)38-48-36-37-73-68(39-48)77-63-33-17-14-28-60(63)69-66(76-61-31-15-12-26-58(61)59-27-13-16-32-62(59)76)44-55(45-67(69)77)78-54-25-20-24-53(43-54)74-46-75(65-35-19-18-34-64(65)74)70-56(49-22-10-9-11-23-49)29-21-30-57(70)50-40-51(71(3,4)5)42-52(41-50)72(6,7)8/h9-37,39-45,47H,38H2,1-8H3. The molecule has 0 aliphatic heterocycles. The fraction of sp³-hybridized carbons (Fsp3) is 0.167. The quantitative estimate of drug-likeness (QED) is 0.101. The number of pyridine rings is 1. The van der Waals surface area contributed by atoms with Crippen molar-refractivity contribution in [2.24, 2.45) is 5.92 Å². The average Bonchev–Trinajstić information content (AvgIpc) is 4.28. The molecule has 13 aromatic rings. The molecule has 0 aliphatic carbocycles. The first-order chi connectivity index (χ1) is 37.8. The lowest BCUT2D eigenvalue weighted by Crippen LogP contribution is -2.31. The molecule has 0 saturated heterocycles. The van der Waals surface area contributed by atoms with Gasteiger partial charge >= 0.3 is 0 Å². The molecule has 6 nitrogen and oxygen atoms in total. The van der Waals surface area contributed by atoms with E-state index in [2.05, 4.69) is 292 Å². The van der Waals surface area contributed by atoms with Gasteiger partial charge in [0.2, 0.25) is 0 Å². The van der Waals surface area contributed by atoms with Gasteiger partial charge in [0.15, 0.2) is 0 Å². The summed E-state index contributed by atoms with van der Waals surface area (Å²) >= 11 is 0. The van der Waals surface area contributed by atoms with Crippen LogP contribution in [0.15, 0.2) is 219 Å². The van der Waals surface area contributed by atoms with Crippen LogP contribution >= 0.6 is 0 Å². The largest absolute Gasteiger partial charge is 0.458 e. The lowest BCUT2D eigenvalue weighted by molar-refractivity contribution is -0.571. The van der Waals surface area contributed by atoms with Crippen LogP contribution in [0.25, 0.3) is 99.8 Å². The molecule has 6 heteroatoms. The van der Waals surface area contributed by atoms with Crippen LogP contribution in [0.4, 0.5) is 0 Å². The topological polar surface area (TPSA) is 40.8 Å². The molecule has 9 aromatic carbocycles. The molecule has 0 fully saturated rings. The van der Waals surface area contributed by atoms with E-state index in [9.17, 15) is 0 Å². The molecule has 4 aromatic heterocycles. The second-order valence-electron chi connectivity index (χ2n) is 23.4. The van der Waals surface area contributed by atoms with E-state index in [1.165, 1.54) is 33.0 Å². The van der Waals surface area contributed by atoms with Crippen molar-refractivity contribution in [1.82, 2.24) is 18.7 Å². The minimum Gasteiger partial charge on any atom is -0.458 e. The molecule has 0 aliphatic rings. The number of nitrogens with zero attached hydrogens (tertiary/aromatic N) is 5. The molecule has 382 valence electrons. The zero-order valence-electron chi connectivity index (χ0n) is 45.7. The zero-order valence-corrected chi connectivity index (χ0v) is 45.7. The Labute approximate surface area is 457 Å².